The maximum atomic E-state index is 13.3. The first-order valence-corrected chi connectivity index (χ1v) is 7.24. The standard InChI is InChI=1S/C15H12F4OS/c1-21-13-5-3-2-4-10(13)14(20)9-6-7-12(16)11(8-9)15(17,18)19/h2-8,14,20H,1H3. The first-order valence-electron chi connectivity index (χ1n) is 6.02. The molecule has 21 heavy (non-hydrogen) atoms. The van der Waals surface area contributed by atoms with Crippen LogP contribution in [0.15, 0.2) is 47.4 Å². The van der Waals surface area contributed by atoms with Gasteiger partial charge >= 0.3 is 6.18 Å². The van der Waals surface area contributed by atoms with E-state index in [1.54, 1.807) is 30.5 Å². The van der Waals surface area contributed by atoms with Gasteiger partial charge < -0.3 is 5.11 Å². The number of halogens is 4. The molecule has 0 aliphatic rings. The Labute approximate surface area is 123 Å². The van der Waals surface area contributed by atoms with E-state index < -0.39 is 23.7 Å². The highest BCUT2D eigenvalue weighted by Crippen LogP contribution is 2.35. The lowest BCUT2D eigenvalue weighted by Gasteiger charge is -2.17. The lowest BCUT2D eigenvalue weighted by atomic mass is 9.99. The van der Waals surface area contributed by atoms with E-state index >= 15 is 0 Å². The van der Waals surface area contributed by atoms with E-state index in [0.717, 1.165) is 17.0 Å². The molecule has 0 aliphatic heterocycles. The van der Waals surface area contributed by atoms with Crippen LogP contribution in [0.3, 0.4) is 0 Å². The molecule has 1 N–H and O–H groups in total. The van der Waals surface area contributed by atoms with E-state index in [4.69, 9.17) is 0 Å². The van der Waals surface area contributed by atoms with Crippen LogP contribution in [-0.4, -0.2) is 11.4 Å². The van der Waals surface area contributed by atoms with Gasteiger partial charge in [0.25, 0.3) is 0 Å². The third-order valence-corrected chi connectivity index (χ3v) is 3.86. The molecular formula is C15H12F4OS. The number of hydrogen-bond donors (Lipinski definition) is 1. The summed E-state index contributed by atoms with van der Waals surface area (Å²) in [5.74, 6) is -1.35. The van der Waals surface area contributed by atoms with Gasteiger partial charge in [0.2, 0.25) is 0 Å². The quantitative estimate of drug-likeness (QED) is 0.657. The van der Waals surface area contributed by atoms with Crippen LogP contribution in [-0.2, 0) is 6.18 Å². The fraction of sp³-hybridized carbons (Fsp3) is 0.200. The Morgan fingerprint density at radius 3 is 2.38 bits per heavy atom. The molecule has 1 atom stereocenters. The van der Waals surface area contributed by atoms with Gasteiger partial charge in [-0.2, -0.15) is 13.2 Å². The Balaban J connectivity index is 2.47. The highest BCUT2D eigenvalue weighted by atomic mass is 32.2. The third kappa shape index (κ3) is 3.39. The second-order valence-electron chi connectivity index (χ2n) is 4.38. The molecule has 0 aliphatic carbocycles. The first-order chi connectivity index (χ1) is 9.84. The molecule has 2 rings (SSSR count). The van der Waals surface area contributed by atoms with E-state index in [1.165, 1.54) is 11.8 Å². The smallest absolute Gasteiger partial charge is 0.384 e. The Hall–Kier alpha value is -1.53. The number of aliphatic hydroxyl groups is 1. The molecule has 0 heterocycles. The van der Waals surface area contributed by atoms with Crippen molar-refractivity contribution in [2.24, 2.45) is 0 Å². The van der Waals surface area contributed by atoms with Crippen LogP contribution in [0.1, 0.15) is 22.8 Å². The van der Waals surface area contributed by atoms with Crippen molar-refractivity contribution < 1.29 is 22.7 Å². The Morgan fingerprint density at radius 2 is 1.76 bits per heavy atom. The predicted octanol–water partition coefficient (Wildman–Crippen LogP) is 4.65. The van der Waals surface area contributed by atoms with Crippen molar-refractivity contribution in [3.8, 4) is 0 Å². The minimum atomic E-state index is -4.79. The second kappa shape index (κ2) is 6.07. The summed E-state index contributed by atoms with van der Waals surface area (Å²) < 4.78 is 51.4. The monoisotopic (exact) mass is 316 g/mol. The maximum absolute atomic E-state index is 13.3. The topological polar surface area (TPSA) is 20.2 Å². The fourth-order valence-electron chi connectivity index (χ4n) is 2.00. The summed E-state index contributed by atoms with van der Waals surface area (Å²) in [5.41, 5.74) is -0.879. The largest absolute Gasteiger partial charge is 0.419 e. The minimum absolute atomic E-state index is 0.00484. The van der Waals surface area contributed by atoms with Gasteiger partial charge in [-0.1, -0.05) is 24.3 Å². The molecule has 1 unspecified atom stereocenters. The molecule has 0 fully saturated rings. The maximum Gasteiger partial charge on any atom is 0.419 e. The molecule has 6 heteroatoms. The van der Waals surface area contributed by atoms with Crippen LogP contribution in [0.5, 0.6) is 0 Å². The normalized spacial score (nSPS) is 13.2. The van der Waals surface area contributed by atoms with Gasteiger partial charge in [0.05, 0.1) is 5.56 Å². The van der Waals surface area contributed by atoms with E-state index in [1.807, 2.05) is 0 Å². The minimum Gasteiger partial charge on any atom is -0.384 e. The highest BCUT2D eigenvalue weighted by Gasteiger charge is 2.34. The van der Waals surface area contributed by atoms with Crippen molar-refractivity contribution in [1.29, 1.82) is 0 Å². The number of aliphatic hydroxyl groups excluding tert-OH is 1. The molecule has 2 aromatic carbocycles. The van der Waals surface area contributed by atoms with Gasteiger partial charge in [-0.05, 0) is 35.6 Å². The van der Waals surface area contributed by atoms with E-state index in [2.05, 4.69) is 0 Å². The van der Waals surface area contributed by atoms with E-state index in [9.17, 15) is 22.7 Å². The SMILES string of the molecule is CSc1ccccc1C(O)c1ccc(F)c(C(F)(F)F)c1. The van der Waals surface area contributed by atoms with Crippen molar-refractivity contribution >= 4 is 11.8 Å². The molecule has 0 spiro atoms. The third-order valence-electron chi connectivity index (χ3n) is 3.05. The molecule has 0 aromatic heterocycles. The van der Waals surface area contributed by atoms with Crippen molar-refractivity contribution in [3.63, 3.8) is 0 Å². The average molecular weight is 316 g/mol. The number of benzene rings is 2. The van der Waals surface area contributed by atoms with Gasteiger partial charge in [-0.25, -0.2) is 4.39 Å². The Kier molecular flexibility index (Phi) is 4.58. The lowest BCUT2D eigenvalue weighted by Crippen LogP contribution is -2.10. The zero-order valence-corrected chi connectivity index (χ0v) is 11.8. The van der Waals surface area contributed by atoms with E-state index in [-0.39, 0.29) is 5.56 Å². The van der Waals surface area contributed by atoms with Crippen molar-refractivity contribution in [2.75, 3.05) is 6.26 Å². The summed E-state index contributed by atoms with van der Waals surface area (Å²) >= 11 is 1.38. The molecule has 0 radical (unpaired) electrons. The molecule has 0 amide bonds. The molecule has 0 saturated carbocycles. The zero-order valence-electron chi connectivity index (χ0n) is 11.0. The highest BCUT2D eigenvalue weighted by molar-refractivity contribution is 7.98. The van der Waals surface area contributed by atoms with E-state index in [0.29, 0.717) is 11.6 Å². The summed E-state index contributed by atoms with van der Waals surface area (Å²) in [6, 6.07) is 9.39. The molecule has 112 valence electrons. The van der Waals surface area contributed by atoms with Gasteiger partial charge in [0.15, 0.2) is 0 Å². The molecular weight excluding hydrogens is 304 g/mol. The molecule has 2 aromatic rings. The van der Waals surface area contributed by atoms with Crippen LogP contribution >= 0.6 is 11.8 Å². The van der Waals surface area contributed by atoms with Gasteiger partial charge in [0, 0.05) is 4.90 Å². The number of thioether (sulfide) groups is 1. The molecule has 0 saturated heterocycles. The summed E-state index contributed by atoms with van der Waals surface area (Å²) in [6.07, 6.45) is -4.23. The second-order valence-corrected chi connectivity index (χ2v) is 5.23. The Bertz CT molecular complexity index is 640. The van der Waals surface area contributed by atoms with Crippen molar-refractivity contribution in [2.45, 2.75) is 17.2 Å². The zero-order chi connectivity index (χ0) is 15.6. The first kappa shape index (κ1) is 15.9. The van der Waals surface area contributed by atoms with Gasteiger partial charge in [0.1, 0.15) is 11.9 Å². The number of rotatable bonds is 3. The average Bonchev–Trinajstić information content (AvgIpc) is 2.45. The van der Waals surface area contributed by atoms with Crippen LogP contribution in [0, 0.1) is 5.82 Å². The molecule has 1 nitrogen and oxygen atoms in total. The number of alkyl halides is 3. The van der Waals surface area contributed by atoms with Crippen molar-refractivity contribution in [1.82, 2.24) is 0 Å². The Morgan fingerprint density at radius 1 is 1.10 bits per heavy atom. The number of hydrogen-bond acceptors (Lipinski definition) is 2. The van der Waals surface area contributed by atoms with Crippen LogP contribution < -0.4 is 0 Å². The van der Waals surface area contributed by atoms with Crippen molar-refractivity contribution in [3.05, 3.63) is 65.0 Å². The van der Waals surface area contributed by atoms with Gasteiger partial charge in [-0.3, -0.25) is 0 Å². The van der Waals surface area contributed by atoms with Crippen LogP contribution in [0.2, 0.25) is 0 Å². The van der Waals surface area contributed by atoms with Gasteiger partial charge in [-0.15, -0.1) is 11.8 Å². The summed E-state index contributed by atoms with van der Waals surface area (Å²) in [6.45, 7) is 0. The van der Waals surface area contributed by atoms with Crippen LogP contribution in [0.4, 0.5) is 17.6 Å². The summed E-state index contributed by atoms with van der Waals surface area (Å²) in [7, 11) is 0. The fourth-order valence-corrected chi connectivity index (χ4v) is 2.63. The van der Waals surface area contributed by atoms with Crippen LogP contribution in [0.25, 0.3) is 0 Å². The lowest BCUT2D eigenvalue weighted by molar-refractivity contribution is -0.140. The summed E-state index contributed by atoms with van der Waals surface area (Å²) in [4.78, 5) is 0.753. The molecule has 0 bridgehead atoms. The summed E-state index contributed by atoms with van der Waals surface area (Å²) in [5, 5.41) is 10.3. The predicted molar refractivity (Wildman–Crippen MR) is 73.7 cm³/mol.